The van der Waals surface area contributed by atoms with Gasteiger partial charge < -0.3 is 23.8 Å². The molecule has 0 aromatic heterocycles. The molecule has 0 N–H and O–H groups in total. The van der Waals surface area contributed by atoms with Gasteiger partial charge in [0.05, 0.1) is 25.0 Å². The monoisotopic (exact) mass is 568 g/mol. The lowest BCUT2D eigenvalue weighted by Gasteiger charge is -2.38. The van der Waals surface area contributed by atoms with Crippen LogP contribution >= 0.6 is 0 Å². The third-order valence-electron chi connectivity index (χ3n) is 6.52. The maximum atomic E-state index is 13.2. The molecule has 1 saturated heterocycles. The lowest BCUT2D eigenvalue weighted by Crippen LogP contribution is -2.49. The van der Waals surface area contributed by atoms with Gasteiger partial charge in [-0.2, -0.15) is 0 Å². The minimum absolute atomic E-state index is 0.137. The lowest BCUT2D eigenvalue weighted by atomic mass is 9.99. The van der Waals surface area contributed by atoms with E-state index in [1.165, 1.54) is 12.0 Å². The second-order valence-electron chi connectivity index (χ2n) is 10.8. The van der Waals surface area contributed by atoms with Gasteiger partial charge in [0, 0.05) is 25.6 Å². The summed E-state index contributed by atoms with van der Waals surface area (Å²) in [5.41, 5.74) is 1.56. The molecule has 0 saturated carbocycles. The van der Waals surface area contributed by atoms with Crippen molar-refractivity contribution >= 4 is 29.8 Å². The molecule has 0 bridgehead atoms. The van der Waals surface area contributed by atoms with Gasteiger partial charge in [0.2, 0.25) is 0 Å². The van der Waals surface area contributed by atoms with E-state index in [0.717, 1.165) is 11.1 Å². The van der Waals surface area contributed by atoms with Crippen LogP contribution in [0.5, 0.6) is 0 Å². The Morgan fingerprint density at radius 2 is 1.63 bits per heavy atom. The molecule has 2 amide bonds. The maximum Gasteiger partial charge on any atom is 0.414 e. The zero-order valence-electron chi connectivity index (χ0n) is 24.5. The molecule has 0 radical (unpaired) electrons. The quantitative estimate of drug-likeness (QED) is 0.288. The summed E-state index contributed by atoms with van der Waals surface area (Å²) in [4.78, 5) is 54.0. The Labute approximate surface area is 241 Å². The largest absolute Gasteiger partial charge is 0.465 e. The molecule has 222 valence electrons. The van der Waals surface area contributed by atoms with Crippen molar-refractivity contribution in [1.29, 1.82) is 0 Å². The maximum absolute atomic E-state index is 13.2. The number of likely N-dealkylation sites (tertiary alicyclic amines) is 1. The summed E-state index contributed by atoms with van der Waals surface area (Å²) in [6, 6.07) is 14.2. The number of hydrogen-bond acceptors (Lipinski definition) is 8. The van der Waals surface area contributed by atoms with Gasteiger partial charge in [0.1, 0.15) is 12.2 Å². The fourth-order valence-electron chi connectivity index (χ4n) is 4.62. The smallest absolute Gasteiger partial charge is 0.414 e. The zero-order valence-corrected chi connectivity index (χ0v) is 24.5. The van der Waals surface area contributed by atoms with Crippen LogP contribution in [0.1, 0.15) is 68.4 Å². The molecule has 1 aliphatic heterocycles. The summed E-state index contributed by atoms with van der Waals surface area (Å²) in [5.74, 6) is -0.959. The molecule has 0 aliphatic carbocycles. The number of methoxy groups -OCH3 is 1. The van der Waals surface area contributed by atoms with Crippen LogP contribution in [-0.4, -0.2) is 67.5 Å². The van der Waals surface area contributed by atoms with Gasteiger partial charge in [0.25, 0.3) is 0 Å². The first-order chi connectivity index (χ1) is 19.5. The highest BCUT2D eigenvalue weighted by atomic mass is 16.6. The Balaban J connectivity index is 1.75. The van der Waals surface area contributed by atoms with Gasteiger partial charge in [-0.3, -0.25) is 9.69 Å². The molecule has 0 spiro atoms. The summed E-state index contributed by atoms with van der Waals surface area (Å²) >= 11 is 0. The normalized spacial score (nSPS) is 13.7. The van der Waals surface area contributed by atoms with E-state index < -0.39 is 23.8 Å². The third kappa shape index (κ3) is 9.23. The Kier molecular flexibility index (Phi) is 11.1. The van der Waals surface area contributed by atoms with E-state index >= 15 is 0 Å². The van der Waals surface area contributed by atoms with Crippen LogP contribution < -0.4 is 4.90 Å². The molecule has 2 aromatic rings. The Bertz CT molecular complexity index is 1200. The van der Waals surface area contributed by atoms with Crippen molar-refractivity contribution in [2.45, 2.75) is 71.6 Å². The molecule has 0 atom stereocenters. The van der Waals surface area contributed by atoms with Crippen LogP contribution in [0.2, 0.25) is 0 Å². The van der Waals surface area contributed by atoms with Crippen molar-refractivity contribution < 1.29 is 38.1 Å². The number of ether oxygens (including phenoxy) is 4. The number of carbonyl (C=O) groups excluding carboxylic acids is 4. The predicted molar refractivity (Wildman–Crippen MR) is 153 cm³/mol. The molecular formula is C31H40N2O8. The third-order valence-corrected chi connectivity index (χ3v) is 6.52. The van der Waals surface area contributed by atoms with Gasteiger partial charge in [-0.15, -0.1) is 0 Å². The van der Waals surface area contributed by atoms with Crippen LogP contribution in [0.25, 0.3) is 0 Å². The molecule has 2 aromatic carbocycles. The Morgan fingerprint density at radius 3 is 2.24 bits per heavy atom. The van der Waals surface area contributed by atoms with Crippen molar-refractivity contribution in [2.75, 3.05) is 31.7 Å². The molecule has 0 unspecified atom stereocenters. The second kappa shape index (κ2) is 14.5. The van der Waals surface area contributed by atoms with E-state index in [-0.39, 0.29) is 37.2 Å². The van der Waals surface area contributed by atoms with Crippen molar-refractivity contribution in [1.82, 2.24) is 4.90 Å². The van der Waals surface area contributed by atoms with Crippen LogP contribution in [0.4, 0.5) is 15.3 Å². The number of benzene rings is 2. The summed E-state index contributed by atoms with van der Waals surface area (Å²) in [6.45, 7) is 8.19. The van der Waals surface area contributed by atoms with E-state index in [1.807, 2.05) is 30.3 Å². The minimum Gasteiger partial charge on any atom is -0.465 e. The van der Waals surface area contributed by atoms with Crippen molar-refractivity contribution in [3.05, 3.63) is 65.2 Å². The highest BCUT2D eigenvalue weighted by Crippen LogP contribution is 2.30. The Morgan fingerprint density at radius 1 is 0.951 bits per heavy atom. The van der Waals surface area contributed by atoms with Gasteiger partial charge in [-0.05, 0) is 70.2 Å². The summed E-state index contributed by atoms with van der Waals surface area (Å²) < 4.78 is 21.3. The van der Waals surface area contributed by atoms with Crippen molar-refractivity contribution in [2.24, 2.45) is 0 Å². The lowest BCUT2D eigenvalue weighted by molar-refractivity contribution is -0.154. The standard InChI is InChI=1S/C31H40N2O8/c1-6-39-30(37)33(24-16-18-32(19-17-24)29(36)40-21-23-10-8-7-9-11-23)26-14-12-22(20-25(26)28(35)38-5)13-15-27(34)41-31(2,3)4/h7-12,14,20,24H,6,13,15-19,21H2,1-5H3. The summed E-state index contributed by atoms with van der Waals surface area (Å²) in [7, 11) is 1.27. The molecule has 1 fully saturated rings. The number of aryl methyl sites for hydroxylation is 1. The topological polar surface area (TPSA) is 112 Å². The number of nitrogens with zero attached hydrogens (tertiary/aromatic N) is 2. The molecule has 3 rings (SSSR count). The molecule has 1 heterocycles. The van der Waals surface area contributed by atoms with Crippen LogP contribution in [0.3, 0.4) is 0 Å². The molecule has 1 aliphatic rings. The van der Waals surface area contributed by atoms with E-state index in [4.69, 9.17) is 18.9 Å². The summed E-state index contributed by atoms with van der Waals surface area (Å²) in [6.07, 6.45) is 0.393. The van der Waals surface area contributed by atoms with E-state index in [0.29, 0.717) is 38.0 Å². The van der Waals surface area contributed by atoms with Crippen LogP contribution in [0, 0.1) is 0 Å². The number of anilines is 1. The van der Waals surface area contributed by atoms with E-state index in [2.05, 4.69) is 0 Å². The number of esters is 2. The van der Waals surface area contributed by atoms with Crippen molar-refractivity contribution in [3.8, 4) is 0 Å². The number of amides is 2. The van der Waals surface area contributed by atoms with E-state index in [1.54, 1.807) is 50.8 Å². The van der Waals surface area contributed by atoms with E-state index in [9.17, 15) is 19.2 Å². The number of hydrogen-bond donors (Lipinski definition) is 0. The fraction of sp³-hybridized carbons (Fsp3) is 0.484. The van der Waals surface area contributed by atoms with Gasteiger partial charge >= 0.3 is 24.1 Å². The van der Waals surface area contributed by atoms with Crippen LogP contribution in [0.15, 0.2) is 48.5 Å². The highest BCUT2D eigenvalue weighted by molar-refractivity contribution is 6.01. The second-order valence-corrected chi connectivity index (χ2v) is 10.8. The first kappa shape index (κ1) is 31.4. The first-order valence-corrected chi connectivity index (χ1v) is 13.9. The molecular weight excluding hydrogens is 528 g/mol. The molecule has 41 heavy (non-hydrogen) atoms. The minimum atomic E-state index is -0.615. The van der Waals surface area contributed by atoms with Gasteiger partial charge in [-0.25, -0.2) is 14.4 Å². The zero-order chi connectivity index (χ0) is 30.0. The molecule has 10 nitrogen and oxygen atoms in total. The van der Waals surface area contributed by atoms with Crippen molar-refractivity contribution in [3.63, 3.8) is 0 Å². The fourth-order valence-corrected chi connectivity index (χ4v) is 4.62. The summed E-state index contributed by atoms with van der Waals surface area (Å²) in [5, 5.41) is 0. The SMILES string of the molecule is CCOC(=O)N(c1ccc(CCC(=O)OC(C)(C)C)cc1C(=O)OC)C1CCN(C(=O)OCc2ccccc2)CC1. The number of carbonyl (C=O) groups is 4. The number of rotatable bonds is 9. The average Bonchev–Trinajstić information content (AvgIpc) is 2.95. The predicted octanol–water partition coefficient (Wildman–Crippen LogP) is 5.51. The number of piperidine rings is 1. The molecule has 10 heteroatoms. The Hall–Kier alpha value is -4.08. The van der Waals surface area contributed by atoms with Crippen LogP contribution in [-0.2, 0) is 36.8 Å². The highest BCUT2D eigenvalue weighted by Gasteiger charge is 2.34. The van der Waals surface area contributed by atoms with Gasteiger partial charge in [0.15, 0.2) is 0 Å². The average molecular weight is 569 g/mol. The van der Waals surface area contributed by atoms with Gasteiger partial charge in [-0.1, -0.05) is 36.4 Å². The first-order valence-electron chi connectivity index (χ1n) is 13.9.